The molecule has 0 N–H and O–H groups in total. The van der Waals surface area contributed by atoms with Gasteiger partial charge in [0.2, 0.25) is 0 Å². The molecule has 5 aliphatic carbocycles. The molecule has 112 valence electrons. The van der Waals surface area contributed by atoms with Crippen molar-refractivity contribution in [3.8, 4) is 0 Å². The molecule has 22 heavy (non-hydrogen) atoms. The van der Waals surface area contributed by atoms with Crippen molar-refractivity contribution in [1.29, 1.82) is 0 Å². The van der Waals surface area contributed by atoms with Crippen LogP contribution < -0.4 is 0 Å². The molecule has 0 aromatic heterocycles. The van der Waals surface area contributed by atoms with Gasteiger partial charge in [-0.2, -0.15) is 0 Å². The van der Waals surface area contributed by atoms with Crippen LogP contribution in [0.15, 0.2) is 30.3 Å². The molecular formula is C20H20O2. The van der Waals surface area contributed by atoms with Crippen LogP contribution in [0.1, 0.15) is 18.4 Å². The first kappa shape index (κ1) is 11.4. The summed E-state index contributed by atoms with van der Waals surface area (Å²) in [4.78, 5) is 13.0. The maximum Gasteiger partial charge on any atom is 0.142 e. The standard InChI is InChI=1S/C20H20O2/c21-19-16-10-6-11-13-12-7-20(17(11)16,18(19)15(12)14(10)13)22-8-9-4-2-1-3-5-9/h1-5,10-18H,6-8H2/t10-,11+,12-,13+,14-,15+,16-,17-,18+,20-/m1/s1. The molecule has 1 aromatic rings. The lowest BCUT2D eigenvalue weighted by Gasteiger charge is -2.59. The van der Waals surface area contributed by atoms with Crippen LogP contribution in [0.2, 0.25) is 0 Å². The number of ketones is 1. The molecule has 6 rings (SSSR count). The van der Waals surface area contributed by atoms with Crippen LogP contribution in [0.3, 0.4) is 0 Å². The zero-order valence-corrected chi connectivity index (χ0v) is 12.5. The molecule has 0 amide bonds. The first-order valence-electron chi connectivity index (χ1n) is 9.03. The summed E-state index contributed by atoms with van der Waals surface area (Å²) < 4.78 is 6.68. The highest BCUT2D eigenvalue weighted by molar-refractivity contribution is 5.92. The molecule has 2 heteroatoms. The minimum absolute atomic E-state index is 0.0614. The van der Waals surface area contributed by atoms with Gasteiger partial charge in [-0.3, -0.25) is 4.79 Å². The molecule has 0 spiro atoms. The van der Waals surface area contributed by atoms with Gasteiger partial charge in [-0.05, 0) is 53.9 Å². The lowest BCUT2D eigenvalue weighted by atomic mass is 9.45. The SMILES string of the molecule is O=C1[C@@H]2[C@@H]3C[C@H]4[C@H]5[C@H]6C[C@@](OCc7ccccc7)([C@H]42)[C@H]1[C@@H]6[C@H]35. The summed E-state index contributed by atoms with van der Waals surface area (Å²) in [5.41, 5.74) is 1.19. The second-order valence-electron chi connectivity index (χ2n) is 8.82. The van der Waals surface area contributed by atoms with Gasteiger partial charge in [-0.15, -0.1) is 0 Å². The Kier molecular flexibility index (Phi) is 1.66. The number of hydrogen-bond acceptors (Lipinski definition) is 2. The fraction of sp³-hybridized carbons (Fsp3) is 0.650. The zero-order valence-electron chi connectivity index (χ0n) is 12.5. The summed E-state index contributed by atoms with van der Waals surface area (Å²) in [7, 11) is 0. The lowest BCUT2D eigenvalue weighted by Crippen LogP contribution is -2.58. The average Bonchev–Trinajstić information content (AvgIpc) is 3.17. The largest absolute Gasteiger partial charge is 0.369 e. The van der Waals surface area contributed by atoms with Crippen LogP contribution in [-0.2, 0) is 16.1 Å². The lowest BCUT2D eigenvalue weighted by molar-refractivity contribution is -0.166. The molecule has 2 bridgehead atoms. The van der Waals surface area contributed by atoms with Gasteiger partial charge in [0.05, 0.1) is 18.1 Å². The summed E-state index contributed by atoms with van der Waals surface area (Å²) in [6, 6.07) is 10.5. The molecule has 5 saturated carbocycles. The number of hydrogen-bond donors (Lipinski definition) is 0. The number of carbonyl (C=O) groups is 1. The summed E-state index contributed by atoms with van der Waals surface area (Å²) in [5, 5.41) is 0. The van der Waals surface area contributed by atoms with E-state index in [4.69, 9.17) is 4.74 Å². The van der Waals surface area contributed by atoms with Gasteiger partial charge in [0.25, 0.3) is 0 Å². The molecule has 10 atom stereocenters. The van der Waals surface area contributed by atoms with E-state index < -0.39 is 0 Å². The number of carbonyl (C=O) groups excluding carboxylic acids is 1. The predicted octanol–water partition coefficient (Wildman–Crippen LogP) is 2.92. The molecule has 2 nitrogen and oxygen atoms in total. The normalized spacial score (nSPS) is 60.5. The Labute approximate surface area is 130 Å². The number of rotatable bonds is 3. The number of ether oxygens (including phenoxy) is 1. The van der Waals surface area contributed by atoms with E-state index in [1.165, 1.54) is 18.4 Å². The summed E-state index contributed by atoms with van der Waals surface area (Å²) >= 11 is 0. The molecule has 5 fully saturated rings. The highest BCUT2D eigenvalue weighted by Crippen LogP contribution is 2.87. The van der Waals surface area contributed by atoms with E-state index >= 15 is 0 Å². The van der Waals surface area contributed by atoms with Gasteiger partial charge in [0, 0.05) is 11.8 Å². The Morgan fingerprint density at radius 2 is 1.91 bits per heavy atom. The van der Waals surface area contributed by atoms with Gasteiger partial charge in [-0.1, -0.05) is 30.3 Å². The molecule has 1 aromatic carbocycles. The maximum atomic E-state index is 13.0. The first-order chi connectivity index (χ1) is 10.8. The smallest absolute Gasteiger partial charge is 0.142 e. The molecule has 0 unspecified atom stereocenters. The molecule has 5 aliphatic rings. The Balaban J connectivity index is 1.33. The Morgan fingerprint density at radius 3 is 2.77 bits per heavy atom. The molecule has 0 saturated heterocycles. The predicted molar refractivity (Wildman–Crippen MR) is 79.6 cm³/mol. The summed E-state index contributed by atoms with van der Waals surface area (Å²) in [6.45, 7) is 0.694. The number of benzene rings is 1. The molecule has 0 aliphatic heterocycles. The van der Waals surface area contributed by atoms with E-state index in [1.54, 1.807) is 0 Å². The van der Waals surface area contributed by atoms with E-state index in [9.17, 15) is 4.79 Å². The third-order valence-electron chi connectivity index (χ3n) is 8.74. The van der Waals surface area contributed by atoms with Gasteiger partial charge in [-0.25, -0.2) is 0 Å². The van der Waals surface area contributed by atoms with Crippen molar-refractivity contribution < 1.29 is 9.53 Å². The third kappa shape index (κ3) is 0.897. The van der Waals surface area contributed by atoms with Crippen LogP contribution in [0.4, 0.5) is 0 Å². The van der Waals surface area contributed by atoms with Gasteiger partial charge < -0.3 is 4.74 Å². The van der Waals surface area contributed by atoms with Crippen molar-refractivity contribution in [2.24, 2.45) is 53.3 Å². The van der Waals surface area contributed by atoms with Gasteiger partial charge in [0.1, 0.15) is 5.78 Å². The average molecular weight is 292 g/mol. The van der Waals surface area contributed by atoms with Gasteiger partial charge >= 0.3 is 0 Å². The van der Waals surface area contributed by atoms with Crippen molar-refractivity contribution in [1.82, 2.24) is 0 Å². The minimum Gasteiger partial charge on any atom is -0.369 e. The summed E-state index contributed by atoms with van der Waals surface area (Å²) in [5.74, 6) is 6.93. The Bertz CT molecular complexity index is 712. The van der Waals surface area contributed by atoms with E-state index in [1.807, 2.05) is 0 Å². The molecular weight excluding hydrogens is 272 g/mol. The molecule has 0 radical (unpaired) electrons. The van der Waals surface area contributed by atoms with Crippen LogP contribution in [0.25, 0.3) is 0 Å². The second kappa shape index (κ2) is 3.21. The topological polar surface area (TPSA) is 26.3 Å². The van der Waals surface area contributed by atoms with Crippen LogP contribution in [-0.4, -0.2) is 11.4 Å². The zero-order chi connectivity index (χ0) is 14.2. The van der Waals surface area contributed by atoms with Crippen LogP contribution in [0, 0.1) is 53.3 Å². The van der Waals surface area contributed by atoms with Crippen molar-refractivity contribution >= 4 is 5.78 Å². The fourth-order valence-electron chi connectivity index (χ4n) is 8.68. The monoisotopic (exact) mass is 292 g/mol. The first-order valence-corrected chi connectivity index (χ1v) is 9.03. The highest BCUT2D eigenvalue weighted by Gasteiger charge is 2.89. The minimum atomic E-state index is -0.0614. The van der Waals surface area contributed by atoms with E-state index in [0.29, 0.717) is 30.1 Å². The fourth-order valence-corrected chi connectivity index (χ4v) is 8.68. The number of fused-ring (bicyclic) bond motifs is 14. The number of Topliss-reactive ketones (excluding diaryl/α,β-unsaturated/α-hetero) is 1. The van der Waals surface area contributed by atoms with E-state index in [0.717, 1.165) is 29.6 Å². The van der Waals surface area contributed by atoms with E-state index in [2.05, 4.69) is 30.3 Å². The van der Waals surface area contributed by atoms with Crippen LogP contribution in [0.5, 0.6) is 0 Å². The van der Waals surface area contributed by atoms with E-state index in [-0.39, 0.29) is 11.5 Å². The highest BCUT2D eigenvalue weighted by atomic mass is 16.5. The van der Waals surface area contributed by atoms with Crippen molar-refractivity contribution in [2.45, 2.75) is 25.0 Å². The summed E-state index contributed by atoms with van der Waals surface area (Å²) in [6.07, 6.45) is 2.55. The Hall–Kier alpha value is -1.15. The third-order valence-corrected chi connectivity index (χ3v) is 8.74. The molecule has 0 heterocycles. The second-order valence-corrected chi connectivity index (χ2v) is 8.82. The van der Waals surface area contributed by atoms with Crippen molar-refractivity contribution in [3.05, 3.63) is 35.9 Å². The van der Waals surface area contributed by atoms with Crippen molar-refractivity contribution in [3.63, 3.8) is 0 Å². The van der Waals surface area contributed by atoms with Crippen molar-refractivity contribution in [2.75, 3.05) is 0 Å². The Morgan fingerprint density at radius 1 is 1.05 bits per heavy atom. The van der Waals surface area contributed by atoms with Crippen LogP contribution >= 0.6 is 0 Å². The van der Waals surface area contributed by atoms with Gasteiger partial charge in [0.15, 0.2) is 0 Å². The quantitative estimate of drug-likeness (QED) is 0.801. The maximum absolute atomic E-state index is 13.0.